The van der Waals surface area contributed by atoms with Gasteiger partial charge < -0.3 is 34.1 Å². The summed E-state index contributed by atoms with van der Waals surface area (Å²) in [6.07, 6.45) is 2.20. The third-order valence-electron chi connectivity index (χ3n) is 7.90. The zero-order chi connectivity index (χ0) is 28.8. The van der Waals surface area contributed by atoms with Crippen molar-refractivity contribution in [3.8, 4) is 5.75 Å². The standard InChI is InChI=1S/C28H37ClN2O8/c1-16-8-7-9-21(37-6)28(35)14-22(38-25(34)30-28)27(3)15-26(2,39-27)20(32)13-23(33)31(4)18-11-17(10-16)12-19(36-5)24(18)29/h7-9,11-12,20-22,32,35H,10,13-15H2,1-6H3,(H,30,34). The summed E-state index contributed by atoms with van der Waals surface area (Å²) in [5, 5.41) is 25.3. The molecule has 0 aromatic heterocycles. The number of halogens is 1. The Labute approximate surface area is 233 Å². The molecule has 6 unspecified atom stereocenters. The molecule has 0 radical (unpaired) electrons. The van der Waals surface area contributed by atoms with Crippen molar-refractivity contribution < 1.29 is 38.7 Å². The Hall–Kier alpha value is -2.63. The summed E-state index contributed by atoms with van der Waals surface area (Å²) in [4.78, 5) is 27.2. The van der Waals surface area contributed by atoms with Gasteiger partial charge in [0.1, 0.15) is 28.6 Å². The van der Waals surface area contributed by atoms with E-state index in [2.05, 4.69) is 5.32 Å². The van der Waals surface area contributed by atoms with Gasteiger partial charge in [0, 0.05) is 27.0 Å². The van der Waals surface area contributed by atoms with Crippen LogP contribution in [0.2, 0.25) is 5.02 Å². The molecule has 2 amide bonds. The van der Waals surface area contributed by atoms with Crippen molar-refractivity contribution in [1.82, 2.24) is 5.32 Å². The largest absolute Gasteiger partial charge is 0.495 e. The van der Waals surface area contributed by atoms with E-state index in [4.69, 9.17) is 30.5 Å². The molecule has 1 aromatic rings. The van der Waals surface area contributed by atoms with Crippen molar-refractivity contribution in [2.75, 3.05) is 26.2 Å². The fourth-order valence-electron chi connectivity index (χ4n) is 5.75. The number of fused-ring (bicyclic) bond motifs is 6. The Balaban J connectivity index is 1.75. The van der Waals surface area contributed by atoms with Crippen LogP contribution in [0.3, 0.4) is 0 Å². The predicted molar refractivity (Wildman–Crippen MR) is 145 cm³/mol. The molecule has 4 heterocycles. The molecule has 1 aromatic carbocycles. The third kappa shape index (κ3) is 5.67. The number of aliphatic hydroxyl groups excluding tert-OH is 1. The summed E-state index contributed by atoms with van der Waals surface area (Å²) in [5.41, 5.74) is -1.55. The maximum atomic E-state index is 13.3. The quantitative estimate of drug-likeness (QED) is 0.499. The van der Waals surface area contributed by atoms with Gasteiger partial charge in [0.25, 0.3) is 0 Å². The van der Waals surface area contributed by atoms with Crippen molar-refractivity contribution in [1.29, 1.82) is 0 Å². The van der Waals surface area contributed by atoms with Gasteiger partial charge in [-0.1, -0.05) is 35.4 Å². The van der Waals surface area contributed by atoms with Crippen LogP contribution in [0.1, 0.15) is 45.6 Å². The zero-order valence-corrected chi connectivity index (χ0v) is 23.9. The first-order valence-corrected chi connectivity index (χ1v) is 13.2. The van der Waals surface area contributed by atoms with E-state index in [0.29, 0.717) is 17.9 Å². The van der Waals surface area contributed by atoms with E-state index >= 15 is 0 Å². The average Bonchev–Trinajstić information content (AvgIpc) is 2.84. The van der Waals surface area contributed by atoms with E-state index in [1.165, 1.54) is 19.1 Å². The molecule has 4 aliphatic rings. The summed E-state index contributed by atoms with van der Waals surface area (Å²) in [6.45, 7) is 5.40. The van der Waals surface area contributed by atoms with E-state index in [9.17, 15) is 19.8 Å². The highest BCUT2D eigenvalue weighted by atomic mass is 35.5. The first-order valence-electron chi connectivity index (χ1n) is 12.8. The molecular formula is C28H37ClN2O8. The van der Waals surface area contributed by atoms with Crippen LogP contribution in [-0.4, -0.2) is 78.7 Å². The number of carbonyl (C=O) groups is 2. The van der Waals surface area contributed by atoms with Crippen molar-refractivity contribution in [2.45, 2.75) is 81.7 Å². The number of aliphatic hydroxyl groups is 2. The van der Waals surface area contributed by atoms with Crippen molar-refractivity contribution in [3.05, 3.63) is 46.5 Å². The minimum absolute atomic E-state index is 0.0151. The van der Waals surface area contributed by atoms with E-state index in [0.717, 1.165) is 11.1 Å². The fraction of sp³-hybridized carbons (Fsp3) is 0.571. The lowest BCUT2D eigenvalue weighted by atomic mass is 9.72. The second kappa shape index (κ2) is 10.7. The Morgan fingerprint density at radius 2 is 1.90 bits per heavy atom. The Bertz CT molecular complexity index is 1190. The molecule has 39 heavy (non-hydrogen) atoms. The SMILES string of the molecule is COc1cc2cc(c1Cl)N(C)C(=O)CC(O)C1(C)CC(C)(O1)C1CC(O)(NC(=O)O1)C(OC)C=CC=C(C)C2. The monoisotopic (exact) mass is 564 g/mol. The lowest BCUT2D eigenvalue weighted by Gasteiger charge is -2.59. The molecule has 0 aliphatic carbocycles. The summed E-state index contributed by atoms with van der Waals surface area (Å²) in [6, 6.07) is 3.63. The number of hydrogen-bond acceptors (Lipinski definition) is 8. The molecule has 2 fully saturated rings. The number of nitrogens with one attached hydrogen (secondary N) is 1. The molecule has 11 heteroatoms. The van der Waals surface area contributed by atoms with Gasteiger partial charge >= 0.3 is 6.09 Å². The molecule has 4 aliphatic heterocycles. The number of allylic oxidation sites excluding steroid dienone is 3. The average molecular weight is 565 g/mol. The van der Waals surface area contributed by atoms with E-state index < -0.39 is 41.3 Å². The highest BCUT2D eigenvalue weighted by molar-refractivity contribution is 6.35. The molecule has 6 bridgehead atoms. The van der Waals surface area contributed by atoms with Crippen LogP contribution in [-0.2, 0) is 25.4 Å². The summed E-state index contributed by atoms with van der Waals surface area (Å²) in [7, 11) is 4.55. The number of hydrogen-bond donors (Lipinski definition) is 3. The highest BCUT2D eigenvalue weighted by Crippen LogP contribution is 2.49. The van der Waals surface area contributed by atoms with Crippen LogP contribution in [0.4, 0.5) is 10.5 Å². The Morgan fingerprint density at radius 3 is 2.54 bits per heavy atom. The van der Waals surface area contributed by atoms with Crippen molar-refractivity contribution in [3.63, 3.8) is 0 Å². The van der Waals surface area contributed by atoms with Gasteiger partial charge in [0.05, 0.1) is 30.9 Å². The van der Waals surface area contributed by atoms with Crippen molar-refractivity contribution in [2.24, 2.45) is 0 Å². The summed E-state index contributed by atoms with van der Waals surface area (Å²) in [5.74, 6) is 0.0640. The molecule has 0 saturated carbocycles. The summed E-state index contributed by atoms with van der Waals surface area (Å²) >= 11 is 6.58. The van der Waals surface area contributed by atoms with E-state index in [1.54, 1.807) is 33.0 Å². The molecule has 2 saturated heterocycles. The minimum atomic E-state index is -1.76. The number of methoxy groups -OCH3 is 2. The van der Waals surface area contributed by atoms with Gasteiger partial charge in [-0.2, -0.15) is 0 Å². The van der Waals surface area contributed by atoms with Gasteiger partial charge in [-0.25, -0.2) is 4.79 Å². The number of nitrogens with zero attached hydrogens (tertiary/aromatic N) is 1. The van der Waals surface area contributed by atoms with Crippen molar-refractivity contribution >= 4 is 29.3 Å². The Morgan fingerprint density at radius 1 is 1.21 bits per heavy atom. The van der Waals surface area contributed by atoms with Gasteiger partial charge in [-0.05, 0) is 44.9 Å². The van der Waals surface area contributed by atoms with Crippen LogP contribution in [0.5, 0.6) is 5.75 Å². The van der Waals surface area contributed by atoms with E-state index in [1.807, 2.05) is 25.1 Å². The van der Waals surface area contributed by atoms with Gasteiger partial charge in [0.2, 0.25) is 5.91 Å². The molecule has 10 nitrogen and oxygen atoms in total. The van der Waals surface area contributed by atoms with Gasteiger partial charge in [-0.3, -0.25) is 10.1 Å². The number of anilines is 1. The second-order valence-electron chi connectivity index (χ2n) is 11.1. The topological polar surface area (TPSA) is 127 Å². The van der Waals surface area contributed by atoms with E-state index in [-0.39, 0.29) is 30.2 Å². The number of amides is 2. The first kappa shape index (κ1) is 29.4. The number of alkyl carbamates (subject to hydrolysis) is 1. The maximum Gasteiger partial charge on any atom is 0.409 e. The van der Waals surface area contributed by atoms with Gasteiger partial charge in [-0.15, -0.1) is 0 Å². The number of rotatable bonds is 2. The van der Waals surface area contributed by atoms with Crippen LogP contribution in [0, 0.1) is 0 Å². The molecule has 214 valence electrons. The second-order valence-corrected chi connectivity index (χ2v) is 11.5. The number of benzene rings is 1. The van der Waals surface area contributed by atoms with Gasteiger partial charge in [0.15, 0.2) is 5.72 Å². The molecular weight excluding hydrogens is 528 g/mol. The van der Waals surface area contributed by atoms with Crippen LogP contribution >= 0.6 is 11.6 Å². The fourth-order valence-corrected chi connectivity index (χ4v) is 6.06. The Kier molecular flexibility index (Phi) is 8.08. The number of carbonyl (C=O) groups excluding carboxylic acids is 2. The predicted octanol–water partition coefficient (Wildman–Crippen LogP) is 3.26. The first-order chi connectivity index (χ1) is 18.2. The molecule has 0 spiro atoms. The minimum Gasteiger partial charge on any atom is -0.495 e. The molecule has 3 N–H and O–H groups in total. The molecule has 6 atom stereocenters. The third-order valence-corrected chi connectivity index (χ3v) is 8.28. The maximum absolute atomic E-state index is 13.3. The zero-order valence-electron chi connectivity index (χ0n) is 23.1. The normalized spacial score (nSPS) is 35.5. The number of ether oxygens (including phenoxy) is 4. The van der Waals surface area contributed by atoms with Crippen LogP contribution < -0.4 is 15.0 Å². The highest BCUT2D eigenvalue weighted by Gasteiger charge is 2.62. The van der Waals surface area contributed by atoms with Crippen LogP contribution in [0.15, 0.2) is 35.9 Å². The lowest BCUT2D eigenvalue weighted by Crippen LogP contribution is -2.72. The smallest absolute Gasteiger partial charge is 0.409 e. The lowest BCUT2D eigenvalue weighted by molar-refractivity contribution is -0.327. The molecule has 5 rings (SSSR count). The van der Waals surface area contributed by atoms with Crippen LogP contribution in [0.25, 0.3) is 0 Å². The summed E-state index contributed by atoms with van der Waals surface area (Å²) < 4.78 is 22.7.